The van der Waals surface area contributed by atoms with E-state index >= 15 is 0 Å². The minimum atomic E-state index is 0.392. The normalized spacial score (nSPS) is 15.4. The predicted octanol–water partition coefficient (Wildman–Crippen LogP) is 8.96. The Morgan fingerprint density at radius 1 is 0.529 bits per heavy atom. The predicted molar refractivity (Wildman–Crippen MR) is 147 cm³/mol. The third-order valence-corrected chi connectivity index (χ3v) is 6.87. The Morgan fingerprint density at radius 3 is 1.35 bits per heavy atom. The molecule has 0 N–H and O–H groups in total. The maximum absolute atomic E-state index is 5.39. The number of para-hydroxylation sites is 2. The molecule has 2 heteroatoms. The van der Waals surface area contributed by atoms with Crippen molar-refractivity contribution in [3.8, 4) is 0 Å². The maximum Gasteiger partial charge on any atom is 0.0979 e. The van der Waals surface area contributed by atoms with Crippen molar-refractivity contribution in [2.45, 2.75) is 53.4 Å². The number of hydrogen-bond acceptors (Lipinski definition) is 2. The zero-order chi connectivity index (χ0) is 24.0. The van der Waals surface area contributed by atoms with Gasteiger partial charge >= 0.3 is 0 Å². The molecule has 0 unspecified atom stereocenters. The van der Waals surface area contributed by atoms with Gasteiger partial charge in [-0.1, -0.05) is 100 Å². The highest BCUT2D eigenvalue weighted by molar-refractivity contribution is 6.61. The Labute approximate surface area is 203 Å². The zero-order valence-corrected chi connectivity index (χ0v) is 21.0. The van der Waals surface area contributed by atoms with Crippen molar-refractivity contribution in [1.82, 2.24) is 0 Å². The summed E-state index contributed by atoms with van der Waals surface area (Å²) < 4.78 is 0. The summed E-state index contributed by atoms with van der Waals surface area (Å²) >= 11 is 0. The lowest BCUT2D eigenvalue weighted by Crippen LogP contribution is -2.11. The first kappa shape index (κ1) is 22.3. The summed E-state index contributed by atoms with van der Waals surface area (Å²) in [6, 6.07) is 26.0. The molecule has 4 aromatic carbocycles. The Hall–Kier alpha value is -3.52. The van der Waals surface area contributed by atoms with E-state index in [1.807, 2.05) is 0 Å². The number of benzene rings is 4. The highest BCUT2D eigenvalue weighted by Gasteiger charge is 2.28. The Balaban J connectivity index is 1.85. The van der Waals surface area contributed by atoms with Gasteiger partial charge in [-0.05, 0) is 53.3 Å². The van der Waals surface area contributed by atoms with Crippen LogP contribution < -0.4 is 0 Å². The number of aliphatic imine (C=N–C) groups is 2. The second-order valence-corrected chi connectivity index (χ2v) is 9.96. The fourth-order valence-corrected chi connectivity index (χ4v) is 5.04. The lowest BCUT2D eigenvalue weighted by molar-refractivity contribution is 0.865. The Kier molecular flexibility index (Phi) is 5.69. The highest BCUT2D eigenvalue weighted by Crippen LogP contribution is 2.38. The molecule has 4 aromatic rings. The van der Waals surface area contributed by atoms with Gasteiger partial charge in [0.25, 0.3) is 0 Å². The van der Waals surface area contributed by atoms with Gasteiger partial charge in [-0.2, -0.15) is 0 Å². The van der Waals surface area contributed by atoms with Crippen LogP contribution in [-0.4, -0.2) is 11.4 Å². The summed E-state index contributed by atoms with van der Waals surface area (Å²) in [5, 5.41) is 2.48. The molecule has 0 amide bonds. The van der Waals surface area contributed by atoms with E-state index in [1.165, 1.54) is 44.2 Å². The van der Waals surface area contributed by atoms with E-state index in [0.717, 1.165) is 22.8 Å². The van der Waals surface area contributed by atoms with Gasteiger partial charge < -0.3 is 0 Å². The molecule has 0 heterocycles. The molecule has 0 bridgehead atoms. The number of nitrogens with zero attached hydrogens (tertiary/aromatic N) is 2. The van der Waals surface area contributed by atoms with Crippen LogP contribution in [0, 0.1) is 13.8 Å². The van der Waals surface area contributed by atoms with Gasteiger partial charge in [-0.3, -0.25) is 0 Å². The van der Waals surface area contributed by atoms with Crippen LogP contribution in [0.4, 0.5) is 11.4 Å². The van der Waals surface area contributed by atoms with E-state index in [9.17, 15) is 0 Å². The molecular weight excluding hydrogens is 412 g/mol. The van der Waals surface area contributed by atoms with Gasteiger partial charge in [-0.25, -0.2) is 9.98 Å². The number of aryl methyl sites for hydroxylation is 2. The van der Waals surface area contributed by atoms with Crippen molar-refractivity contribution in [2.75, 3.05) is 0 Å². The van der Waals surface area contributed by atoms with Crippen LogP contribution in [0.1, 0.15) is 72.9 Å². The van der Waals surface area contributed by atoms with Crippen molar-refractivity contribution in [3.05, 3.63) is 106 Å². The fourth-order valence-electron chi connectivity index (χ4n) is 5.04. The summed E-state index contributed by atoms with van der Waals surface area (Å²) in [7, 11) is 0. The molecule has 1 aliphatic carbocycles. The first-order valence-electron chi connectivity index (χ1n) is 12.3. The van der Waals surface area contributed by atoms with E-state index in [4.69, 9.17) is 9.98 Å². The minimum Gasteiger partial charge on any atom is -0.246 e. The number of rotatable bonds is 4. The Bertz CT molecular complexity index is 1360. The monoisotopic (exact) mass is 444 g/mol. The molecule has 0 spiro atoms. The summed E-state index contributed by atoms with van der Waals surface area (Å²) in [5.41, 5.74) is 11.4. The van der Waals surface area contributed by atoms with E-state index in [1.54, 1.807) is 0 Å². The summed E-state index contributed by atoms with van der Waals surface area (Å²) in [6.45, 7) is 13.3. The fraction of sp³-hybridized carbons (Fsp3) is 0.250. The van der Waals surface area contributed by atoms with Gasteiger partial charge in [0.05, 0.1) is 22.8 Å². The molecule has 0 saturated heterocycles. The molecule has 2 nitrogen and oxygen atoms in total. The van der Waals surface area contributed by atoms with E-state index in [2.05, 4.69) is 114 Å². The quantitative estimate of drug-likeness (QED) is 0.300. The van der Waals surface area contributed by atoms with E-state index in [-0.39, 0.29) is 0 Å². The van der Waals surface area contributed by atoms with Crippen molar-refractivity contribution in [1.29, 1.82) is 0 Å². The van der Waals surface area contributed by atoms with Crippen molar-refractivity contribution >= 4 is 33.6 Å². The van der Waals surface area contributed by atoms with Gasteiger partial charge in [-0.15, -0.1) is 0 Å². The average Bonchev–Trinajstić information content (AvgIpc) is 3.10. The molecule has 0 radical (unpaired) electrons. The first-order valence-corrected chi connectivity index (χ1v) is 12.3. The first-order chi connectivity index (χ1) is 16.4. The van der Waals surface area contributed by atoms with E-state index < -0.39 is 0 Å². The average molecular weight is 445 g/mol. The van der Waals surface area contributed by atoms with Crippen molar-refractivity contribution < 1.29 is 0 Å². The third kappa shape index (κ3) is 3.68. The highest BCUT2D eigenvalue weighted by atomic mass is 14.8. The SMILES string of the molecule is Cc1cccc(C(C)C)c1N=C1C(=Nc2c(C)cccc2C(C)C)c2cccc3cccc1c23. The van der Waals surface area contributed by atoms with Crippen LogP contribution in [0.25, 0.3) is 10.8 Å². The molecule has 0 saturated carbocycles. The van der Waals surface area contributed by atoms with E-state index in [0.29, 0.717) is 11.8 Å². The van der Waals surface area contributed by atoms with Gasteiger partial charge in [0.1, 0.15) is 0 Å². The topological polar surface area (TPSA) is 24.7 Å². The van der Waals surface area contributed by atoms with Crippen LogP contribution in [0.3, 0.4) is 0 Å². The largest absolute Gasteiger partial charge is 0.246 e. The molecule has 0 aliphatic heterocycles. The zero-order valence-electron chi connectivity index (χ0n) is 21.0. The smallest absolute Gasteiger partial charge is 0.0979 e. The van der Waals surface area contributed by atoms with Gasteiger partial charge in [0, 0.05) is 16.5 Å². The molecule has 170 valence electrons. The number of hydrogen-bond donors (Lipinski definition) is 0. The lowest BCUT2D eigenvalue weighted by Gasteiger charge is -2.15. The van der Waals surface area contributed by atoms with Gasteiger partial charge in [0.2, 0.25) is 0 Å². The summed E-state index contributed by atoms with van der Waals surface area (Å²) in [6.07, 6.45) is 0. The molecule has 34 heavy (non-hydrogen) atoms. The van der Waals surface area contributed by atoms with Crippen molar-refractivity contribution in [3.63, 3.8) is 0 Å². The second-order valence-electron chi connectivity index (χ2n) is 9.96. The van der Waals surface area contributed by atoms with Crippen LogP contribution in [-0.2, 0) is 0 Å². The van der Waals surface area contributed by atoms with Crippen LogP contribution in [0.5, 0.6) is 0 Å². The molecule has 5 rings (SSSR count). The summed E-state index contributed by atoms with van der Waals surface area (Å²) in [4.78, 5) is 10.8. The minimum absolute atomic E-state index is 0.392. The van der Waals surface area contributed by atoms with Crippen LogP contribution >= 0.6 is 0 Å². The molecular formula is C32H32N2. The van der Waals surface area contributed by atoms with Crippen LogP contribution in [0.15, 0.2) is 82.8 Å². The lowest BCUT2D eigenvalue weighted by atomic mass is 9.97. The molecule has 0 atom stereocenters. The Morgan fingerprint density at radius 2 is 0.941 bits per heavy atom. The maximum atomic E-state index is 5.39. The molecule has 0 fully saturated rings. The third-order valence-electron chi connectivity index (χ3n) is 6.87. The molecule has 0 aromatic heterocycles. The van der Waals surface area contributed by atoms with Gasteiger partial charge in [0.15, 0.2) is 0 Å². The summed E-state index contributed by atoms with van der Waals surface area (Å²) in [5.74, 6) is 0.784. The van der Waals surface area contributed by atoms with Crippen LogP contribution in [0.2, 0.25) is 0 Å². The second kappa shape index (κ2) is 8.68. The standard InChI is InChI=1S/C32H32N2/c1-19(2)24-15-7-11-21(5)29(24)33-31-26-17-9-13-23-14-10-18-27(28(23)26)32(31)34-30-22(6)12-8-16-25(30)20(3)4/h7-20H,1-6H3. The molecule has 1 aliphatic rings. The van der Waals surface area contributed by atoms with Crippen molar-refractivity contribution in [2.24, 2.45) is 9.98 Å².